The van der Waals surface area contributed by atoms with E-state index in [0.717, 1.165) is 4.57 Å². The summed E-state index contributed by atoms with van der Waals surface area (Å²) >= 11 is 5.79. The van der Waals surface area contributed by atoms with Crippen molar-refractivity contribution in [1.82, 2.24) is 9.47 Å². The predicted octanol–water partition coefficient (Wildman–Crippen LogP) is 2.58. The lowest BCUT2D eigenvalue weighted by Gasteiger charge is -2.18. The molecule has 2 aromatic rings. The minimum absolute atomic E-state index is 0.0598. The molecule has 0 spiro atoms. The van der Waals surface area contributed by atoms with Gasteiger partial charge in [-0.05, 0) is 18.6 Å². The van der Waals surface area contributed by atoms with E-state index in [1.54, 1.807) is 0 Å². The molecular formula is C13H10ClF3N2O3. The van der Waals surface area contributed by atoms with Gasteiger partial charge in [-0.1, -0.05) is 11.6 Å². The minimum Gasteiger partial charge on any atom is -0.408 e. The summed E-state index contributed by atoms with van der Waals surface area (Å²) in [6.07, 6.45) is -4.35. The Labute approximate surface area is 126 Å². The Morgan fingerprint density at radius 1 is 1.32 bits per heavy atom. The molecule has 1 aliphatic heterocycles. The van der Waals surface area contributed by atoms with Crippen LogP contribution in [0.5, 0.6) is 0 Å². The van der Waals surface area contributed by atoms with Gasteiger partial charge in [-0.25, -0.2) is 4.79 Å². The standard InChI is InChI=1S/C13H10ClF3N2O3/c14-7-1-2-8-10(5-7)22-12(21)19(8)9-3-4-18(11(9)20)6-13(15,16)17/h1-2,5,9H,3-4,6H2. The largest absolute Gasteiger partial charge is 0.420 e. The topological polar surface area (TPSA) is 55.5 Å². The molecule has 1 atom stereocenters. The van der Waals surface area contributed by atoms with E-state index < -0.39 is 30.4 Å². The highest BCUT2D eigenvalue weighted by Gasteiger charge is 2.41. The Morgan fingerprint density at radius 2 is 2.05 bits per heavy atom. The SMILES string of the molecule is O=C1C(n2c(=O)oc3cc(Cl)ccc32)CCN1CC(F)(F)F. The summed E-state index contributed by atoms with van der Waals surface area (Å²) in [5, 5.41) is 0.352. The number of carbonyl (C=O) groups is 1. The van der Waals surface area contributed by atoms with Crippen LogP contribution in [0.3, 0.4) is 0 Å². The van der Waals surface area contributed by atoms with E-state index in [2.05, 4.69) is 0 Å². The summed E-state index contributed by atoms with van der Waals surface area (Å²) in [7, 11) is 0. The molecule has 0 bridgehead atoms. The van der Waals surface area contributed by atoms with Crippen LogP contribution in [0.15, 0.2) is 27.4 Å². The Hall–Kier alpha value is -1.96. The molecule has 9 heteroatoms. The molecule has 118 valence electrons. The van der Waals surface area contributed by atoms with Crippen LogP contribution >= 0.6 is 11.6 Å². The van der Waals surface area contributed by atoms with Crippen molar-refractivity contribution >= 4 is 28.6 Å². The number of benzene rings is 1. The van der Waals surface area contributed by atoms with Crippen LogP contribution in [0.4, 0.5) is 13.2 Å². The van der Waals surface area contributed by atoms with E-state index in [4.69, 9.17) is 16.0 Å². The van der Waals surface area contributed by atoms with Gasteiger partial charge in [0.05, 0.1) is 5.52 Å². The quantitative estimate of drug-likeness (QED) is 0.848. The number of rotatable bonds is 2. The number of carbonyl (C=O) groups excluding carboxylic acids is 1. The van der Waals surface area contributed by atoms with Gasteiger partial charge < -0.3 is 9.32 Å². The van der Waals surface area contributed by atoms with Crippen molar-refractivity contribution in [3.8, 4) is 0 Å². The molecule has 22 heavy (non-hydrogen) atoms. The summed E-state index contributed by atoms with van der Waals surface area (Å²) in [5.41, 5.74) is 0.529. The van der Waals surface area contributed by atoms with Crippen molar-refractivity contribution in [2.75, 3.05) is 13.1 Å². The smallest absolute Gasteiger partial charge is 0.408 e. The molecule has 0 aliphatic carbocycles. The molecule has 0 saturated carbocycles. The van der Waals surface area contributed by atoms with E-state index in [-0.39, 0.29) is 18.5 Å². The number of halogens is 4. The first-order valence-corrected chi connectivity index (χ1v) is 6.80. The molecule has 1 amide bonds. The van der Waals surface area contributed by atoms with Crippen molar-refractivity contribution in [1.29, 1.82) is 0 Å². The average Bonchev–Trinajstić information content (AvgIpc) is 2.88. The molecule has 5 nitrogen and oxygen atoms in total. The molecule has 1 saturated heterocycles. The zero-order chi connectivity index (χ0) is 16.1. The second-order valence-electron chi connectivity index (χ2n) is 5.03. The fourth-order valence-electron chi connectivity index (χ4n) is 2.64. The number of nitrogens with zero attached hydrogens (tertiary/aromatic N) is 2. The third-order valence-corrected chi connectivity index (χ3v) is 3.76. The number of alkyl halides is 3. The lowest BCUT2D eigenvalue weighted by atomic mass is 10.2. The Balaban J connectivity index is 1.97. The van der Waals surface area contributed by atoms with Crippen molar-refractivity contribution in [3.63, 3.8) is 0 Å². The first-order chi connectivity index (χ1) is 10.3. The molecule has 3 rings (SSSR count). The first kappa shape index (κ1) is 15.0. The predicted molar refractivity (Wildman–Crippen MR) is 71.8 cm³/mol. The van der Waals surface area contributed by atoms with Crippen molar-refractivity contribution < 1.29 is 22.4 Å². The number of hydrogen-bond acceptors (Lipinski definition) is 3. The number of oxazole rings is 1. The first-order valence-electron chi connectivity index (χ1n) is 6.42. The molecule has 1 aromatic heterocycles. The maximum Gasteiger partial charge on any atom is 0.420 e. The van der Waals surface area contributed by atoms with E-state index in [0.29, 0.717) is 15.4 Å². The number of fused-ring (bicyclic) bond motifs is 1. The number of amides is 1. The molecule has 0 radical (unpaired) electrons. The highest BCUT2D eigenvalue weighted by molar-refractivity contribution is 6.31. The molecule has 0 N–H and O–H groups in total. The molecule has 1 aliphatic rings. The van der Waals surface area contributed by atoms with E-state index in [1.807, 2.05) is 0 Å². The molecule has 2 heterocycles. The van der Waals surface area contributed by atoms with E-state index in [1.165, 1.54) is 18.2 Å². The van der Waals surface area contributed by atoms with Crippen LogP contribution in [0.2, 0.25) is 5.02 Å². The van der Waals surface area contributed by atoms with Gasteiger partial charge in [0.25, 0.3) is 0 Å². The zero-order valence-electron chi connectivity index (χ0n) is 11.1. The van der Waals surface area contributed by atoms with Crippen LogP contribution in [0.1, 0.15) is 12.5 Å². The van der Waals surface area contributed by atoms with E-state index in [9.17, 15) is 22.8 Å². The Bertz CT molecular complexity index is 796. The van der Waals surface area contributed by atoms with Gasteiger partial charge in [-0.3, -0.25) is 9.36 Å². The summed E-state index contributed by atoms with van der Waals surface area (Å²) in [4.78, 5) is 24.8. The van der Waals surface area contributed by atoms with Gasteiger partial charge in [0.1, 0.15) is 12.6 Å². The van der Waals surface area contributed by atoms with Gasteiger partial charge in [0, 0.05) is 17.6 Å². The zero-order valence-corrected chi connectivity index (χ0v) is 11.8. The summed E-state index contributed by atoms with van der Waals surface area (Å²) in [6, 6.07) is 3.45. The lowest BCUT2D eigenvalue weighted by Crippen LogP contribution is -2.37. The van der Waals surface area contributed by atoms with Crippen molar-refractivity contribution in [3.05, 3.63) is 33.8 Å². The second-order valence-corrected chi connectivity index (χ2v) is 5.47. The maximum absolute atomic E-state index is 12.4. The fraction of sp³-hybridized carbons (Fsp3) is 0.385. The second kappa shape index (κ2) is 5.05. The molecule has 1 unspecified atom stereocenters. The fourth-order valence-corrected chi connectivity index (χ4v) is 2.80. The number of likely N-dealkylation sites (tertiary alicyclic amines) is 1. The Morgan fingerprint density at radius 3 is 2.73 bits per heavy atom. The molecule has 1 fully saturated rings. The third-order valence-electron chi connectivity index (χ3n) is 3.53. The number of aromatic nitrogens is 1. The van der Waals surface area contributed by atoms with Gasteiger partial charge in [0.15, 0.2) is 5.58 Å². The van der Waals surface area contributed by atoms with Crippen LogP contribution in [-0.4, -0.2) is 34.6 Å². The highest BCUT2D eigenvalue weighted by Crippen LogP contribution is 2.29. The summed E-state index contributed by atoms with van der Waals surface area (Å²) in [5.74, 6) is -1.53. The molecule has 1 aromatic carbocycles. The summed E-state index contributed by atoms with van der Waals surface area (Å²) < 4.78 is 43.4. The Kier molecular flexibility index (Phi) is 3.43. The normalized spacial score (nSPS) is 19.4. The highest BCUT2D eigenvalue weighted by atomic mass is 35.5. The monoisotopic (exact) mass is 334 g/mol. The van der Waals surface area contributed by atoms with Crippen LogP contribution in [-0.2, 0) is 4.79 Å². The maximum atomic E-state index is 12.4. The van der Waals surface area contributed by atoms with Crippen LogP contribution in [0.25, 0.3) is 11.1 Å². The van der Waals surface area contributed by atoms with Gasteiger partial charge in [0.2, 0.25) is 5.91 Å². The van der Waals surface area contributed by atoms with Crippen molar-refractivity contribution in [2.24, 2.45) is 0 Å². The van der Waals surface area contributed by atoms with Gasteiger partial charge in [-0.2, -0.15) is 13.2 Å². The van der Waals surface area contributed by atoms with Crippen molar-refractivity contribution in [2.45, 2.75) is 18.6 Å². The third kappa shape index (κ3) is 2.58. The van der Waals surface area contributed by atoms with Crippen LogP contribution in [0, 0.1) is 0 Å². The summed E-state index contributed by atoms with van der Waals surface area (Å²) in [6.45, 7) is -1.38. The lowest BCUT2D eigenvalue weighted by molar-refractivity contribution is -0.158. The molecular weight excluding hydrogens is 325 g/mol. The van der Waals surface area contributed by atoms with E-state index >= 15 is 0 Å². The van der Waals surface area contributed by atoms with Gasteiger partial charge >= 0.3 is 11.9 Å². The van der Waals surface area contributed by atoms with Gasteiger partial charge in [-0.15, -0.1) is 0 Å². The number of hydrogen-bond donors (Lipinski definition) is 0. The minimum atomic E-state index is -4.47. The average molecular weight is 335 g/mol. The van der Waals surface area contributed by atoms with Crippen LogP contribution < -0.4 is 5.76 Å².